The average Bonchev–Trinajstić information content (AvgIpc) is 2.38. The molecule has 1 aromatic carbocycles. The molecular weight excluding hydrogens is 258 g/mol. The van der Waals surface area contributed by atoms with Gasteiger partial charge in [-0.05, 0) is 26.0 Å². The van der Waals surface area contributed by atoms with Crippen molar-refractivity contribution in [2.24, 2.45) is 0 Å². The van der Waals surface area contributed by atoms with E-state index < -0.39 is 0 Å². The maximum atomic E-state index is 9.71. The Labute approximate surface area is 117 Å². The zero-order valence-electron chi connectivity index (χ0n) is 11.4. The molecular formula is C14H17N3O3. The lowest BCUT2D eigenvalue weighted by Crippen LogP contribution is -2.05. The Balaban J connectivity index is 2.14. The van der Waals surface area contributed by atoms with Gasteiger partial charge in [-0.3, -0.25) is 0 Å². The quantitative estimate of drug-likeness (QED) is 0.775. The van der Waals surface area contributed by atoms with Gasteiger partial charge in [0, 0.05) is 12.6 Å². The summed E-state index contributed by atoms with van der Waals surface area (Å²) in [7, 11) is 0. The molecule has 0 aliphatic rings. The second-order valence-corrected chi connectivity index (χ2v) is 4.20. The Morgan fingerprint density at radius 1 is 1.20 bits per heavy atom. The van der Waals surface area contributed by atoms with E-state index in [1.54, 1.807) is 19.1 Å². The highest BCUT2D eigenvalue weighted by molar-refractivity contribution is 5.46. The molecule has 0 aliphatic heterocycles. The topological polar surface area (TPSA) is 87.5 Å². The number of phenols is 2. The van der Waals surface area contributed by atoms with Gasteiger partial charge in [0.05, 0.1) is 12.2 Å². The molecule has 0 saturated carbocycles. The average molecular weight is 275 g/mol. The van der Waals surface area contributed by atoms with E-state index >= 15 is 0 Å². The molecule has 1 heterocycles. The van der Waals surface area contributed by atoms with Crippen molar-refractivity contribution in [2.75, 3.05) is 11.9 Å². The summed E-state index contributed by atoms with van der Waals surface area (Å²) in [5.74, 6) is 1.72. The van der Waals surface area contributed by atoms with Crippen molar-refractivity contribution < 1.29 is 14.9 Å². The van der Waals surface area contributed by atoms with Crippen LogP contribution < -0.4 is 10.1 Å². The summed E-state index contributed by atoms with van der Waals surface area (Å²) in [6.45, 7) is 4.42. The van der Waals surface area contributed by atoms with Gasteiger partial charge >= 0.3 is 0 Å². The largest absolute Gasteiger partial charge is 0.507 e. The standard InChI is InChI=1S/C14H17N3O3/c1-3-20-14-7-13(16-9(2)17-14)15-8-10-11(18)5-4-6-12(10)19/h4-7,18-19H,3,8H2,1-2H3,(H,15,16,17). The molecule has 106 valence electrons. The van der Waals surface area contributed by atoms with Crippen LogP contribution in [0.4, 0.5) is 5.82 Å². The predicted octanol–water partition coefficient (Wildman–Crippen LogP) is 2.21. The normalized spacial score (nSPS) is 10.3. The van der Waals surface area contributed by atoms with Crippen LogP contribution in [0.3, 0.4) is 0 Å². The van der Waals surface area contributed by atoms with Crippen molar-refractivity contribution in [3.8, 4) is 17.4 Å². The monoisotopic (exact) mass is 275 g/mol. The first-order valence-electron chi connectivity index (χ1n) is 6.32. The van der Waals surface area contributed by atoms with E-state index in [0.717, 1.165) is 0 Å². The molecule has 3 N–H and O–H groups in total. The molecule has 0 aliphatic carbocycles. The van der Waals surface area contributed by atoms with E-state index in [1.165, 1.54) is 12.1 Å². The molecule has 1 aromatic heterocycles. The van der Waals surface area contributed by atoms with Gasteiger partial charge in [-0.15, -0.1) is 0 Å². The van der Waals surface area contributed by atoms with Crippen molar-refractivity contribution in [2.45, 2.75) is 20.4 Å². The summed E-state index contributed by atoms with van der Waals surface area (Å²) in [4.78, 5) is 8.37. The van der Waals surface area contributed by atoms with E-state index in [4.69, 9.17) is 4.74 Å². The number of aromatic hydroxyl groups is 2. The lowest BCUT2D eigenvalue weighted by molar-refractivity contribution is 0.325. The number of ether oxygens (including phenoxy) is 1. The lowest BCUT2D eigenvalue weighted by atomic mass is 10.2. The van der Waals surface area contributed by atoms with Crippen molar-refractivity contribution in [1.29, 1.82) is 0 Å². The molecule has 2 rings (SSSR count). The van der Waals surface area contributed by atoms with Crippen molar-refractivity contribution in [3.05, 3.63) is 35.7 Å². The van der Waals surface area contributed by atoms with Crippen LogP contribution in [0.15, 0.2) is 24.3 Å². The number of rotatable bonds is 5. The fourth-order valence-corrected chi connectivity index (χ4v) is 1.78. The maximum Gasteiger partial charge on any atom is 0.218 e. The van der Waals surface area contributed by atoms with Crippen molar-refractivity contribution >= 4 is 5.82 Å². The van der Waals surface area contributed by atoms with Gasteiger partial charge in [-0.1, -0.05) is 6.07 Å². The number of benzene rings is 1. The summed E-state index contributed by atoms with van der Waals surface area (Å²) in [6.07, 6.45) is 0. The molecule has 0 spiro atoms. The number of aryl methyl sites for hydroxylation is 1. The van der Waals surface area contributed by atoms with Gasteiger partial charge < -0.3 is 20.3 Å². The number of phenolic OH excluding ortho intramolecular Hbond substituents is 2. The summed E-state index contributed by atoms with van der Waals surface area (Å²) in [5.41, 5.74) is 0.418. The zero-order valence-corrected chi connectivity index (χ0v) is 11.4. The van der Waals surface area contributed by atoms with E-state index in [9.17, 15) is 10.2 Å². The van der Waals surface area contributed by atoms with Crippen LogP contribution in [0.5, 0.6) is 17.4 Å². The van der Waals surface area contributed by atoms with E-state index in [1.807, 2.05) is 6.92 Å². The molecule has 2 aromatic rings. The van der Waals surface area contributed by atoms with E-state index in [-0.39, 0.29) is 18.0 Å². The summed E-state index contributed by atoms with van der Waals surface area (Å²) < 4.78 is 5.34. The number of nitrogens with one attached hydrogen (secondary N) is 1. The van der Waals surface area contributed by atoms with Gasteiger partial charge in [0.1, 0.15) is 23.1 Å². The molecule has 0 atom stereocenters. The van der Waals surface area contributed by atoms with Crippen LogP contribution in [0.1, 0.15) is 18.3 Å². The summed E-state index contributed by atoms with van der Waals surface area (Å²) in [6, 6.07) is 6.30. The Kier molecular flexibility index (Phi) is 4.24. The Morgan fingerprint density at radius 3 is 2.55 bits per heavy atom. The van der Waals surface area contributed by atoms with Gasteiger partial charge in [0.15, 0.2) is 0 Å². The SMILES string of the molecule is CCOc1cc(NCc2c(O)cccc2O)nc(C)n1. The smallest absolute Gasteiger partial charge is 0.218 e. The third-order valence-corrected chi connectivity index (χ3v) is 2.68. The van der Waals surface area contributed by atoms with Crippen LogP contribution >= 0.6 is 0 Å². The number of anilines is 1. The first-order valence-corrected chi connectivity index (χ1v) is 6.32. The van der Waals surface area contributed by atoms with Crippen LogP contribution in [0.25, 0.3) is 0 Å². The minimum Gasteiger partial charge on any atom is -0.507 e. The third kappa shape index (κ3) is 3.28. The molecule has 6 heteroatoms. The summed E-state index contributed by atoms with van der Waals surface area (Å²) in [5, 5.41) is 22.4. The van der Waals surface area contributed by atoms with Gasteiger partial charge in [-0.2, -0.15) is 4.98 Å². The molecule has 0 bridgehead atoms. The first-order chi connectivity index (χ1) is 9.60. The first kappa shape index (κ1) is 13.9. The van der Waals surface area contributed by atoms with Crippen LogP contribution in [-0.2, 0) is 6.54 Å². The predicted molar refractivity (Wildman–Crippen MR) is 75.0 cm³/mol. The molecule has 0 fully saturated rings. The highest BCUT2D eigenvalue weighted by Gasteiger charge is 2.08. The minimum absolute atomic E-state index is 0.0355. The fourth-order valence-electron chi connectivity index (χ4n) is 1.78. The minimum atomic E-state index is 0.0355. The Bertz CT molecular complexity index is 582. The lowest BCUT2D eigenvalue weighted by Gasteiger charge is -2.10. The highest BCUT2D eigenvalue weighted by Crippen LogP contribution is 2.27. The Morgan fingerprint density at radius 2 is 1.90 bits per heavy atom. The fraction of sp³-hybridized carbons (Fsp3) is 0.286. The van der Waals surface area contributed by atoms with Crippen LogP contribution in [0.2, 0.25) is 0 Å². The van der Waals surface area contributed by atoms with E-state index in [0.29, 0.717) is 29.7 Å². The molecule has 0 radical (unpaired) electrons. The van der Waals surface area contributed by atoms with Gasteiger partial charge in [0.2, 0.25) is 5.88 Å². The second kappa shape index (κ2) is 6.10. The maximum absolute atomic E-state index is 9.71. The zero-order chi connectivity index (χ0) is 14.5. The second-order valence-electron chi connectivity index (χ2n) is 4.20. The molecule has 6 nitrogen and oxygen atoms in total. The molecule has 0 unspecified atom stereocenters. The van der Waals surface area contributed by atoms with Crippen LogP contribution in [0, 0.1) is 6.92 Å². The Hall–Kier alpha value is -2.50. The van der Waals surface area contributed by atoms with E-state index in [2.05, 4.69) is 15.3 Å². The van der Waals surface area contributed by atoms with Crippen molar-refractivity contribution in [1.82, 2.24) is 9.97 Å². The third-order valence-electron chi connectivity index (χ3n) is 2.68. The number of nitrogens with zero attached hydrogens (tertiary/aromatic N) is 2. The molecule has 20 heavy (non-hydrogen) atoms. The van der Waals surface area contributed by atoms with Gasteiger partial charge in [0.25, 0.3) is 0 Å². The van der Waals surface area contributed by atoms with Crippen LogP contribution in [-0.4, -0.2) is 26.8 Å². The number of hydrogen-bond acceptors (Lipinski definition) is 6. The number of aromatic nitrogens is 2. The van der Waals surface area contributed by atoms with Gasteiger partial charge in [-0.25, -0.2) is 4.98 Å². The number of hydrogen-bond donors (Lipinski definition) is 3. The van der Waals surface area contributed by atoms with Crippen molar-refractivity contribution in [3.63, 3.8) is 0 Å². The molecule has 0 amide bonds. The highest BCUT2D eigenvalue weighted by atomic mass is 16.5. The molecule has 0 saturated heterocycles. The summed E-state index contributed by atoms with van der Waals surface area (Å²) >= 11 is 0.